The zero-order valence-corrected chi connectivity index (χ0v) is 14.8. The summed E-state index contributed by atoms with van der Waals surface area (Å²) in [5.41, 5.74) is 1.86. The molecule has 142 valence electrons. The molecule has 2 heterocycles. The fourth-order valence-electron chi connectivity index (χ4n) is 3.02. The Morgan fingerprint density at radius 2 is 1.86 bits per heavy atom. The van der Waals surface area contributed by atoms with Crippen LogP contribution in [0.25, 0.3) is 22.3 Å². The molecule has 0 saturated carbocycles. The normalized spacial score (nSPS) is 11.3. The zero-order valence-electron chi connectivity index (χ0n) is 14.8. The maximum Gasteiger partial charge on any atom is 0.344 e. The Kier molecular flexibility index (Phi) is 4.60. The lowest BCUT2D eigenvalue weighted by atomic mass is 10.1. The third kappa shape index (κ3) is 3.13. The highest BCUT2D eigenvalue weighted by molar-refractivity contribution is 5.97. The van der Waals surface area contributed by atoms with E-state index < -0.39 is 19.1 Å². The molecule has 4 aromatic rings. The number of halogens is 2. The molecule has 0 aliphatic heterocycles. The Morgan fingerprint density at radius 3 is 2.61 bits per heavy atom. The summed E-state index contributed by atoms with van der Waals surface area (Å²) in [4.78, 5) is 16.8. The van der Waals surface area contributed by atoms with Gasteiger partial charge in [0.15, 0.2) is 5.82 Å². The first kappa shape index (κ1) is 17.8. The number of alkyl halides is 2. The molecule has 0 spiro atoms. The fourth-order valence-corrected chi connectivity index (χ4v) is 3.02. The molecule has 0 bridgehead atoms. The number of hydrogen-bond donors (Lipinski definition) is 0. The van der Waals surface area contributed by atoms with E-state index in [0.29, 0.717) is 16.8 Å². The summed E-state index contributed by atoms with van der Waals surface area (Å²) in [6.07, 6.45) is 0. The van der Waals surface area contributed by atoms with Crippen LogP contribution in [0.4, 0.5) is 8.78 Å². The topological polar surface area (TPSA) is 70.2 Å². The molecule has 0 aliphatic rings. The van der Waals surface area contributed by atoms with Gasteiger partial charge in [0.25, 0.3) is 0 Å². The van der Waals surface area contributed by atoms with Crippen molar-refractivity contribution in [2.45, 2.75) is 20.1 Å². The molecule has 8 heteroatoms. The third-order valence-corrected chi connectivity index (χ3v) is 4.31. The smallest absolute Gasteiger partial charge is 0.344 e. The van der Waals surface area contributed by atoms with Crippen molar-refractivity contribution in [3.8, 4) is 11.3 Å². The van der Waals surface area contributed by atoms with E-state index in [1.165, 1.54) is 6.07 Å². The minimum atomic E-state index is -2.81. The number of ether oxygens (including phenoxy) is 1. The number of esters is 1. The number of carbonyl (C=O) groups excluding carboxylic acids is 1. The van der Waals surface area contributed by atoms with E-state index in [2.05, 4.69) is 10.1 Å². The number of carbonyl (C=O) groups is 1. The van der Waals surface area contributed by atoms with E-state index in [0.717, 1.165) is 4.57 Å². The highest BCUT2D eigenvalue weighted by Crippen LogP contribution is 2.27. The lowest BCUT2D eigenvalue weighted by Gasteiger charge is -2.09. The van der Waals surface area contributed by atoms with E-state index in [9.17, 15) is 13.6 Å². The van der Waals surface area contributed by atoms with E-state index in [-0.39, 0.29) is 22.7 Å². The Bertz CT molecular complexity index is 1140. The summed E-state index contributed by atoms with van der Waals surface area (Å²) >= 11 is 0. The van der Waals surface area contributed by atoms with Crippen LogP contribution in [-0.2, 0) is 11.3 Å². The van der Waals surface area contributed by atoms with Gasteiger partial charge in [-0.25, -0.2) is 9.78 Å². The van der Waals surface area contributed by atoms with Crippen molar-refractivity contribution in [2.24, 2.45) is 0 Å². The summed E-state index contributed by atoms with van der Waals surface area (Å²) in [7, 11) is 0. The predicted molar refractivity (Wildman–Crippen MR) is 96.8 cm³/mol. The van der Waals surface area contributed by atoms with Crippen molar-refractivity contribution in [3.05, 3.63) is 71.7 Å². The average Bonchev–Trinajstić information content (AvgIpc) is 3.27. The van der Waals surface area contributed by atoms with Crippen LogP contribution in [0.1, 0.15) is 28.5 Å². The second kappa shape index (κ2) is 7.22. The standard InChI is InChI=1S/C20H15F2N3O3/c1-12-17(18(24-28-12)13-7-3-2-4-8-13)19(26)27-11-16-23-14-9-5-6-10-15(14)25(16)20(21)22/h2-10,20H,11H2,1H3. The first-order valence-corrected chi connectivity index (χ1v) is 8.49. The van der Waals surface area contributed by atoms with Crippen LogP contribution in [0, 0.1) is 6.92 Å². The van der Waals surface area contributed by atoms with Gasteiger partial charge in [0.1, 0.15) is 23.6 Å². The minimum Gasteiger partial charge on any atom is -0.454 e. The number of imidazole rings is 1. The Balaban J connectivity index is 1.62. The monoisotopic (exact) mass is 383 g/mol. The van der Waals surface area contributed by atoms with Crippen molar-refractivity contribution in [1.82, 2.24) is 14.7 Å². The van der Waals surface area contributed by atoms with Gasteiger partial charge in [0, 0.05) is 5.56 Å². The molecule has 0 amide bonds. The zero-order chi connectivity index (χ0) is 19.7. The third-order valence-electron chi connectivity index (χ3n) is 4.31. The molecule has 2 aromatic carbocycles. The first-order chi connectivity index (χ1) is 13.6. The molecule has 6 nitrogen and oxygen atoms in total. The SMILES string of the molecule is Cc1onc(-c2ccccc2)c1C(=O)OCc1nc2ccccc2n1C(F)F. The summed E-state index contributed by atoms with van der Waals surface area (Å²) in [5, 5.41) is 3.93. The van der Waals surface area contributed by atoms with Gasteiger partial charge in [-0.05, 0) is 19.1 Å². The average molecular weight is 383 g/mol. The van der Waals surface area contributed by atoms with E-state index >= 15 is 0 Å². The number of aromatic nitrogens is 3. The summed E-state index contributed by atoms with van der Waals surface area (Å²) in [6.45, 7) is -1.63. The Hall–Kier alpha value is -3.55. The van der Waals surface area contributed by atoms with Crippen molar-refractivity contribution in [3.63, 3.8) is 0 Å². The summed E-state index contributed by atoms with van der Waals surface area (Å²) in [5.74, 6) is -0.475. The molecule has 0 N–H and O–H groups in total. The van der Waals surface area contributed by atoms with Gasteiger partial charge in [0.2, 0.25) is 0 Å². The van der Waals surface area contributed by atoms with Crippen molar-refractivity contribution in [1.29, 1.82) is 0 Å². The molecule has 0 unspecified atom stereocenters. The highest BCUT2D eigenvalue weighted by Gasteiger charge is 2.24. The molecule has 2 aromatic heterocycles. The number of hydrogen-bond acceptors (Lipinski definition) is 5. The quantitative estimate of drug-likeness (QED) is 0.465. The highest BCUT2D eigenvalue weighted by atomic mass is 19.3. The Morgan fingerprint density at radius 1 is 1.14 bits per heavy atom. The lowest BCUT2D eigenvalue weighted by Crippen LogP contribution is -2.11. The number of rotatable bonds is 5. The van der Waals surface area contributed by atoms with Gasteiger partial charge in [-0.2, -0.15) is 8.78 Å². The number of fused-ring (bicyclic) bond motifs is 1. The minimum absolute atomic E-state index is 0.0417. The molecule has 0 aliphatic carbocycles. The molecule has 0 fully saturated rings. The fraction of sp³-hybridized carbons (Fsp3) is 0.150. The van der Waals surface area contributed by atoms with E-state index in [1.54, 1.807) is 49.4 Å². The van der Waals surface area contributed by atoms with Crippen LogP contribution in [0.2, 0.25) is 0 Å². The maximum atomic E-state index is 13.5. The van der Waals surface area contributed by atoms with Gasteiger partial charge >= 0.3 is 12.5 Å². The summed E-state index contributed by atoms with van der Waals surface area (Å²) in [6, 6.07) is 15.5. The van der Waals surface area contributed by atoms with Crippen LogP contribution in [0.15, 0.2) is 59.1 Å². The number of benzene rings is 2. The first-order valence-electron chi connectivity index (χ1n) is 8.49. The molecule has 4 rings (SSSR count). The van der Waals surface area contributed by atoms with Crippen molar-refractivity contribution < 1.29 is 22.8 Å². The molecule has 28 heavy (non-hydrogen) atoms. The number of aryl methyl sites for hydroxylation is 1. The van der Waals surface area contributed by atoms with Gasteiger partial charge in [-0.1, -0.05) is 47.6 Å². The summed E-state index contributed by atoms with van der Waals surface area (Å²) < 4.78 is 38.2. The van der Waals surface area contributed by atoms with Crippen LogP contribution in [0.5, 0.6) is 0 Å². The second-order valence-electron chi connectivity index (χ2n) is 6.07. The van der Waals surface area contributed by atoms with Gasteiger partial charge in [0.05, 0.1) is 11.0 Å². The molecule has 0 atom stereocenters. The van der Waals surface area contributed by atoms with Crippen LogP contribution in [-0.4, -0.2) is 20.7 Å². The van der Waals surface area contributed by atoms with Crippen LogP contribution < -0.4 is 0 Å². The maximum absolute atomic E-state index is 13.5. The van der Waals surface area contributed by atoms with E-state index in [1.807, 2.05) is 6.07 Å². The molecule has 0 saturated heterocycles. The van der Waals surface area contributed by atoms with Gasteiger partial charge < -0.3 is 9.26 Å². The molecular weight excluding hydrogens is 368 g/mol. The van der Waals surface area contributed by atoms with Crippen molar-refractivity contribution in [2.75, 3.05) is 0 Å². The number of nitrogens with zero attached hydrogens (tertiary/aromatic N) is 3. The van der Waals surface area contributed by atoms with Crippen LogP contribution >= 0.6 is 0 Å². The van der Waals surface area contributed by atoms with Crippen LogP contribution in [0.3, 0.4) is 0 Å². The van der Waals surface area contributed by atoms with Crippen molar-refractivity contribution >= 4 is 17.0 Å². The van der Waals surface area contributed by atoms with E-state index in [4.69, 9.17) is 9.26 Å². The lowest BCUT2D eigenvalue weighted by molar-refractivity contribution is 0.0386. The second-order valence-corrected chi connectivity index (χ2v) is 6.07. The molecule has 0 radical (unpaired) electrons. The van der Waals surface area contributed by atoms with Gasteiger partial charge in [-0.3, -0.25) is 4.57 Å². The molecular formula is C20H15F2N3O3. The number of para-hydroxylation sites is 2. The largest absolute Gasteiger partial charge is 0.454 e. The Labute approximate surface area is 158 Å². The van der Waals surface area contributed by atoms with Gasteiger partial charge in [-0.15, -0.1) is 0 Å². The predicted octanol–water partition coefficient (Wildman–Crippen LogP) is 4.75.